The van der Waals surface area contributed by atoms with E-state index in [1.807, 2.05) is 6.92 Å². The van der Waals surface area contributed by atoms with Gasteiger partial charge in [0.15, 0.2) is 0 Å². The first-order valence-corrected chi connectivity index (χ1v) is 4.92. The van der Waals surface area contributed by atoms with Crippen molar-refractivity contribution in [2.45, 2.75) is 45.6 Å². The third kappa shape index (κ3) is 2.31. The van der Waals surface area contributed by atoms with Gasteiger partial charge in [-0.3, -0.25) is 4.79 Å². The van der Waals surface area contributed by atoms with E-state index in [4.69, 9.17) is 4.74 Å². The lowest BCUT2D eigenvalue weighted by atomic mass is 9.89. The zero-order valence-corrected chi connectivity index (χ0v) is 8.01. The highest BCUT2D eigenvalue weighted by Gasteiger charge is 2.25. The Labute approximate surface area is 74.3 Å². The lowest BCUT2D eigenvalue weighted by Gasteiger charge is -2.27. The third-order valence-corrected chi connectivity index (χ3v) is 2.63. The van der Waals surface area contributed by atoms with Crippen molar-refractivity contribution in [1.82, 2.24) is 0 Å². The van der Waals surface area contributed by atoms with Crippen LogP contribution >= 0.6 is 0 Å². The fraction of sp³-hybridized carbons (Fsp3) is 0.900. The van der Waals surface area contributed by atoms with Gasteiger partial charge in [0.1, 0.15) is 5.78 Å². The average molecular weight is 170 g/mol. The highest BCUT2D eigenvalue weighted by Crippen LogP contribution is 2.23. The van der Waals surface area contributed by atoms with Crippen LogP contribution in [0.25, 0.3) is 0 Å². The van der Waals surface area contributed by atoms with Crippen molar-refractivity contribution in [3.05, 3.63) is 0 Å². The van der Waals surface area contributed by atoms with Gasteiger partial charge in [-0.05, 0) is 19.3 Å². The van der Waals surface area contributed by atoms with E-state index in [1.54, 1.807) is 0 Å². The summed E-state index contributed by atoms with van der Waals surface area (Å²) in [6.45, 7) is 4.83. The summed E-state index contributed by atoms with van der Waals surface area (Å²) in [4.78, 5) is 11.4. The van der Waals surface area contributed by atoms with Crippen molar-refractivity contribution in [3.8, 4) is 0 Å². The van der Waals surface area contributed by atoms with E-state index in [-0.39, 0.29) is 5.92 Å². The molecular formula is C10H18O2. The predicted octanol–water partition coefficient (Wildman–Crippen LogP) is 2.17. The molecule has 1 aliphatic rings. The molecule has 0 bridgehead atoms. The second kappa shape index (κ2) is 4.61. The Balaban J connectivity index is 2.40. The lowest BCUT2D eigenvalue weighted by Crippen LogP contribution is -2.29. The molecule has 2 unspecified atom stereocenters. The van der Waals surface area contributed by atoms with Crippen LogP contribution in [0.2, 0.25) is 0 Å². The summed E-state index contributed by atoms with van der Waals surface area (Å²) in [6.07, 6.45) is 3.93. The molecule has 2 atom stereocenters. The first kappa shape index (κ1) is 9.72. The molecule has 0 aromatic carbocycles. The van der Waals surface area contributed by atoms with Crippen LogP contribution in [-0.4, -0.2) is 18.5 Å². The van der Waals surface area contributed by atoms with Gasteiger partial charge in [0, 0.05) is 18.9 Å². The molecular weight excluding hydrogens is 152 g/mol. The predicted molar refractivity (Wildman–Crippen MR) is 48.1 cm³/mol. The molecule has 1 fully saturated rings. The maximum atomic E-state index is 11.4. The summed E-state index contributed by atoms with van der Waals surface area (Å²) in [6, 6.07) is 0. The molecule has 0 aromatic rings. The molecule has 0 aliphatic carbocycles. The van der Waals surface area contributed by atoms with Crippen LogP contribution in [0.4, 0.5) is 0 Å². The zero-order valence-electron chi connectivity index (χ0n) is 8.01. The van der Waals surface area contributed by atoms with E-state index in [1.165, 1.54) is 0 Å². The first-order valence-electron chi connectivity index (χ1n) is 4.92. The topological polar surface area (TPSA) is 26.3 Å². The van der Waals surface area contributed by atoms with Crippen molar-refractivity contribution in [3.63, 3.8) is 0 Å². The SMILES string of the molecule is CCC(=O)C1CCOC(CC)C1. The molecule has 70 valence electrons. The van der Waals surface area contributed by atoms with Gasteiger partial charge in [0.25, 0.3) is 0 Å². The second-order valence-electron chi connectivity index (χ2n) is 3.44. The smallest absolute Gasteiger partial charge is 0.135 e. The lowest BCUT2D eigenvalue weighted by molar-refractivity contribution is -0.127. The summed E-state index contributed by atoms with van der Waals surface area (Å²) in [5.74, 6) is 0.699. The Morgan fingerprint density at radius 2 is 2.25 bits per heavy atom. The van der Waals surface area contributed by atoms with Crippen LogP contribution in [0.15, 0.2) is 0 Å². The Kier molecular flexibility index (Phi) is 3.73. The highest BCUT2D eigenvalue weighted by atomic mass is 16.5. The van der Waals surface area contributed by atoms with Gasteiger partial charge < -0.3 is 4.74 Å². The monoisotopic (exact) mass is 170 g/mol. The number of Topliss-reactive ketones (excluding diaryl/α,β-unsaturated/α-hetero) is 1. The standard InChI is InChI=1S/C10H18O2/c1-3-9-7-8(5-6-12-9)10(11)4-2/h8-9H,3-7H2,1-2H3. The van der Waals surface area contributed by atoms with Gasteiger partial charge in [-0.2, -0.15) is 0 Å². The number of ketones is 1. The van der Waals surface area contributed by atoms with Crippen molar-refractivity contribution < 1.29 is 9.53 Å². The van der Waals surface area contributed by atoms with E-state index in [0.29, 0.717) is 18.3 Å². The third-order valence-electron chi connectivity index (χ3n) is 2.63. The fourth-order valence-electron chi connectivity index (χ4n) is 1.75. The van der Waals surface area contributed by atoms with Crippen LogP contribution in [0, 0.1) is 5.92 Å². The first-order chi connectivity index (χ1) is 5.77. The van der Waals surface area contributed by atoms with E-state index < -0.39 is 0 Å². The second-order valence-corrected chi connectivity index (χ2v) is 3.44. The van der Waals surface area contributed by atoms with E-state index >= 15 is 0 Å². The molecule has 0 amide bonds. The molecule has 0 aromatic heterocycles. The Hall–Kier alpha value is -0.370. The molecule has 1 saturated heterocycles. The van der Waals surface area contributed by atoms with E-state index in [0.717, 1.165) is 25.9 Å². The maximum Gasteiger partial charge on any atom is 0.135 e. The summed E-state index contributed by atoms with van der Waals surface area (Å²) < 4.78 is 5.50. The number of hydrogen-bond donors (Lipinski definition) is 0. The molecule has 1 aliphatic heterocycles. The molecule has 0 saturated carbocycles. The summed E-state index contributed by atoms with van der Waals surface area (Å²) in [7, 11) is 0. The van der Waals surface area contributed by atoms with Crippen molar-refractivity contribution in [2.75, 3.05) is 6.61 Å². The number of carbonyl (C=O) groups is 1. The maximum absolute atomic E-state index is 11.4. The van der Waals surface area contributed by atoms with Crippen LogP contribution < -0.4 is 0 Å². The van der Waals surface area contributed by atoms with Gasteiger partial charge in [-0.1, -0.05) is 13.8 Å². The molecule has 1 rings (SSSR count). The van der Waals surface area contributed by atoms with Crippen LogP contribution in [0.1, 0.15) is 39.5 Å². The molecule has 12 heavy (non-hydrogen) atoms. The van der Waals surface area contributed by atoms with Gasteiger partial charge in [-0.15, -0.1) is 0 Å². The molecule has 0 spiro atoms. The van der Waals surface area contributed by atoms with Crippen molar-refractivity contribution in [1.29, 1.82) is 0 Å². The minimum absolute atomic E-state index is 0.286. The van der Waals surface area contributed by atoms with Gasteiger partial charge in [0.2, 0.25) is 0 Å². The van der Waals surface area contributed by atoms with Crippen LogP contribution in [0.3, 0.4) is 0 Å². The Bertz CT molecular complexity index is 154. The van der Waals surface area contributed by atoms with Gasteiger partial charge in [0.05, 0.1) is 6.10 Å². The Morgan fingerprint density at radius 1 is 1.50 bits per heavy atom. The van der Waals surface area contributed by atoms with E-state index in [2.05, 4.69) is 6.92 Å². The summed E-state index contributed by atoms with van der Waals surface area (Å²) >= 11 is 0. The van der Waals surface area contributed by atoms with Crippen molar-refractivity contribution in [2.24, 2.45) is 5.92 Å². The summed E-state index contributed by atoms with van der Waals surface area (Å²) in [5.41, 5.74) is 0. The molecule has 0 radical (unpaired) electrons. The zero-order chi connectivity index (χ0) is 8.97. The van der Waals surface area contributed by atoms with Crippen molar-refractivity contribution >= 4 is 5.78 Å². The van der Waals surface area contributed by atoms with Crippen LogP contribution in [0.5, 0.6) is 0 Å². The van der Waals surface area contributed by atoms with Gasteiger partial charge >= 0.3 is 0 Å². The van der Waals surface area contributed by atoms with Crippen LogP contribution in [-0.2, 0) is 9.53 Å². The number of rotatable bonds is 3. The summed E-state index contributed by atoms with van der Waals surface area (Å²) in [5, 5.41) is 0. The number of ether oxygens (including phenoxy) is 1. The molecule has 1 heterocycles. The number of hydrogen-bond acceptors (Lipinski definition) is 2. The van der Waals surface area contributed by atoms with Gasteiger partial charge in [-0.25, -0.2) is 0 Å². The quantitative estimate of drug-likeness (QED) is 0.649. The minimum atomic E-state index is 0.286. The largest absolute Gasteiger partial charge is 0.378 e. The molecule has 0 N–H and O–H groups in total. The fourth-order valence-corrected chi connectivity index (χ4v) is 1.75. The minimum Gasteiger partial charge on any atom is -0.378 e. The highest BCUT2D eigenvalue weighted by molar-refractivity contribution is 5.80. The Morgan fingerprint density at radius 3 is 2.83 bits per heavy atom. The normalized spacial score (nSPS) is 30.2. The molecule has 2 nitrogen and oxygen atoms in total. The number of carbonyl (C=O) groups excluding carboxylic acids is 1. The molecule has 2 heteroatoms. The average Bonchev–Trinajstić information content (AvgIpc) is 2.17. The van der Waals surface area contributed by atoms with E-state index in [9.17, 15) is 4.79 Å².